The van der Waals surface area contributed by atoms with Gasteiger partial charge in [0.05, 0.1) is 4.88 Å². The highest BCUT2D eigenvalue weighted by molar-refractivity contribution is 7.12. The molecule has 0 aliphatic heterocycles. The fourth-order valence-corrected chi connectivity index (χ4v) is 1.95. The standard InChI is InChI=1S/C11H12N2OS/c14-11(10-4-3-9-15-10)12-5-8-13-6-1-2-7-13/h1-4,6-7,9H,5,8H2,(H,12,14). The summed E-state index contributed by atoms with van der Waals surface area (Å²) in [5.74, 6) is 0.0113. The smallest absolute Gasteiger partial charge is 0.261 e. The van der Waals surface area contributed by atoms with E-state index in [-0.39, 0.29) is 5.91 Å². The Bertz CT molecular complexity index is 406. The Hall–Kier alpha value is -1.55. The highest BCUT2D eigenvalue weighted by Crippen LogP contribution is 2.07. The third kappa shape index (κ3) is 2.70. The van der Waals surface area contributed by atoms with Crippen LogP contribution in [0.5, 0.6) is 0 Å². The molecule has 2 heterocycles. The van der Waals surface area contributed by atoms with E-state index in [0.29, 0.717) is 6.54 Å². The number of aromatic nitrogens is 1. The molecule has 0 spiro atoms. The fourth-order valence-electron chi connectivity index (χ4n) is 1.31. The fraction of sp³-hybridized carbons (Fsp3) is 0.182. The van der Waals surface area contributed by atoms with Crippen LogP contribution in [0.3, 0.4) is 0 Å². The minimum absolute atomic E-state index is 0.0113. The van der Waals surface area contributed by atoms with Crippen LogP contribution < -0.4 is 5.32 Å². The average Bonchev–Trinajstić information content (AvgIpc) is 2.90. The minimum Gasteiger partial charge on any atom is -0.353 e. The Morgan fingerprint density at radius 2 is 2.13 bits per heavy atom. The summed E-state index contributed by atoms with van der Waals surface area (Å²) in [6.45, 7) is 1.47. The molecule has 0 fully saturated rings. The van der Waals surface area contributed by atoms with Crippen molar-refractivity contribution in [3.63, 3.8) is 0 Å². The SMILES string of the molecule is O=C(NCCn1cccc1)c1cccs1. The van der Waals surface area contributed by atoms with Gasteiger partial charge in [-0.15, -0.1) is 11.3 Å². The maximum Gasteiger partial charge on any atom is 0.261 e. The van der Waals surface area contributed by atoms with E-state index in [1.807, 2.05) is 46.6 Å². The summed E-state index contributed by atoms with van der Waals surface area (Å²) < 4.78 is 2.04. The van der Waals surface area contributed by atoms with E-state index in [9.17, 15) is 4.79 Å². The lowest BCUT2D eigenvalue weighted by Crippen LogP contribution is -2.26. The van der Waals surface area contributed by atoms with Crippen molar-refractivity contribution in [2.75, 3.05) is 6.54 Å². The molecule has 2 aromatic rings. The van der Waals surface area contributed by atoms with Gasteiger partial charge in [0, 0.05) is 25.5 Å². The molecule has 0 aliphatic carbocycles. The topological polar surface area (TPSA) is 34.0 Å². The number of carbonyl (C=O) groups is 1. The molecule has 0 saturated heterocycles. The van der Waals surface area contributed by atoms with E-state index >= 15 is 0 Å². The lowest BCUT2D eigenvalue weighted by atomic mass is 10.4. The molecule has 15 heavy (non-hydrogen) atoms. The highest BCUT2D eigenvalue weighted by Gasteiger charge is 2.04. The summed E-state index contributed by atoms with van der Waals surface area (Å²) in [5.41, 5.74) is 0. The zero-order chi connectivity index (χ0) is 10.5. The van der Waals surface area contributed by atoms with Gasteiger partial charge in [-0.1, -0.05) is 6.07 Å². The van der Waals surface area contributed by atoms with Crippen molar-refractivity contribution in [2.24, 2.45) is 0 Å². The van der Waals surface area contributed by atoms with Crippen LogP contribution >= 0.6 is 11.3 Å². The second-order valence-corrected chi connectivity index (χ2v) is 4.10. The van der Waals surface area contributed by atoms with Gasteiger partial charge >= 0.3 is 0 Å². The van der Waals surface area contributed by atoms with E-state index in [1.165, 1.54) is 11.3 Å². The molecule has 1 amide bonds. The maximum absolute atomic E-state index is 11.5. The van der Waals surface area contributed by atoms with Crippen LogP contribution in [-0.4, -0.2) is 17.0 Å². The van der Waals surface area contributed by atoms with Gasteiger partial charge in [-0.3, -0.25) is 4.79 Å². The summed E-state index contributed by atoms with van der Waals surface area (Å²) in [6.07, 6.45) is 3.97. The summed E-state index contributed by atoms with van der Waals surface area (Å²) >= 11 is 1.46. The van der Waals surface area contributed by atoms with Gasteiger partial charge < -0.3 is 9.88 Å². The van der Waals surface area contributed by atoms with Crippen LogP contribution in [0.25, 0.3) is 0 Å². The lowest BCUT2D eigenvalue weighted by molar-refractivity contribution is 0.0956. The van der Waals surface area contributed by atoms with Gasteiger partial charge in [0.2, 0.25) is 0 Å². The van der Waals surface area contributed by atoms with E-state index < -0.39 is 0 Å². The Balaban J connectivity index is 1.77. The third-order valence-corrected chi connectivity index (χ3v) is 2.94. The van der Waals surface area contributed by atoms with Crippen LogP contribution in [0.2, 0.25) is 0 Å². The molecule has 0 unspecified atom stereocenters. The van der Waals surface area contributed by atoms with Crippen molar-refractivity contribution >= 4 is 17.2 Å². The van der Waals surface area contributed by atoms with Crippen molar-refractivity contribution < 1.29 is 4.79 Å². The first-order valence-corrected chi connectivity index (χ1v) is 5.67. The van der Waals surface area contributed by atoms with Gasteiger partial charge in [0.25, 0.3) is 5.91 Å². The number of thiophene rings is 1. The van der Waals surface area contributed by atoms with Crippen LogP contribution in [0, 0.1) is 0 Å². The number of amides is 1. The average molecular weight is 220 g/mol. The summed E-state index contributed by atoms with van der Waals surface area (Å²) in [6, 6.07) is 7.66. The number of nitrogens with one attached hydrogen (secondary N) is 1. The van der Waals surface area contributed by atoms with Crippen molar-refractivity contribution in [1.82, 2.24) is 9.88 Å². The van der Waals surface area contributed by atoms with Crippen molar-refractivity contribution in [3.05, 3.63) is 46.9 Å². The monoisotopic (exact) mass is 220 g/mol. The first kappa shape index (κ1) is 9.98. The number of hydrogen-bond donors (Lipinski definition) is 1. The zero-order valence-corrected chi connectivity index (χ0v) is 9.04. The van der Waals surface area contributed by atoms with Crippen LogP contribution in [0.4, 0.5) is 0 Å². The van der Waals surface area contributed by atoms with Crippen molar-refractivity contribution in [3.8, 4) is 0 Å². The Morgan fingerprint density at radius 1 is 1.33 bits per heavy atom. The van der Waals surface area contributed by atoms with Gasteiger partial charge in [0.1, 0.15) is 0 Å². The predicted octanol–water partition coefficient (Wildman–Crippen LogP) is 1.98. The summed E-state index contributed by atoms with van der Waals surface area (Å²) in [4.78, 5) is 12.3. The number of carbonyl (C=O) groups excluding carboxylic acids is 1. The molecule has 78 valence electrons. The van der Waals surface area contributed by atoms with Gasteiger partial charge in [-0.05, 0) is 23.6 Å². The van der Waals surface area contributed by atoms with Crippen molar-refractivity contribution in [2.45, 2.75) is 6.54 Å². The summed E-state index contributed by atoms with van der Waals surface area (Å²) in [5, 5.41) is 4.78. The lowest BCUT2D eigenvalue weighted by Gasteiger charge is -2.04. The molecule has 0 bridgehead atoms. The second kappa shape index (κ2) is 4.79. The second-order valence-electron chi connectivity index (χ2n) is 3.15. The highest BCUT2D eigenvalue weighted by atomic mass is 32.1. The molecule has 0 atom stereocenters. The first-order chi connectivity index (χ1) is 7.36. The Kier molecular flexibility index (Phi) is 3.19. The Morgan fingerprint density at radius 3 is 2.80 bits per heavy atom. The van der Waals surface area contributed by atoms with Crippen LogP contribution in [-0.2, 0) is 6.54 Å². The van der Waals surface area contributed by atoms with Crippen molar-refractivity contribution in [1.29, 1.82) is 0 Å². The molecule has 2 rings (SSSR count). The predicted molar refractivity (Wildman–Crippen MR) is 61.1 cm³/mol. The molecule has 0 aromatic carbocycles. The minimum atomic E-state index is 0.0113. The molecule has 0 saturated carbocycles. The molecular weight excluding hydrogens is 208 g/mol. The number of nitrogens with zero attached hydrogens (tertiary/aromatic N) is 1. The zero-order valence-electron chi connectivity index (χ0n) is 8.22. The molecule has 3 nitrogen and oxygen atoms in total. The Labute approximate surface area is 92.4 Å². The summed E-state index contributed by atoms with van der Waals surface area (Å²) in [7, 11) is 0. The van der Waals surface area contributed by atoms with Gasteiger partial charge in [-0.25, -0.2) is 0 Å². The molecule has 0 aliphatic rings. The van der Waals surface area contributed by atoms with E-state index in [2.05, 4.69) is 5.32 Å². The van der Waals surface area contributed by atoms with Crippen LogP contribution in [0.1, 0.15) is 9.67 Å². The largest absolute Gasteiger partial charge is 0.353 e. The van der Waals surface area contributed by atoms with E-state index in [1.54, 1.807) is 0 Å². The van der Waals surface area contributed by atoms with E-state index in [4.69, 9.17) is 0 Å². The number of rotatable bonds is 4. The van der Waals surface area contributed by atoms with Gasteiger partial charge in [0.15, 0.2) is 0 Å². The van der Waals surface area contributed by atoms with Crippen LogP contribution in [0.15, 0.2) is 42.0 Å². The maximum atomic E-state index is 11.5. The van der Waals surface area contributed by atoms with E-state index in [0.717, 1.165) is 11.4 Å². The molecule has 0 radical (unpaired) electrons. The van der Waals surface area contributed by atoms with Gasteiger partial charge in [-0.2, -0.15) is 0 Å². The number of hydrogen-bond acceptors (Lipinski definition) is 2. The molecular formula is C11H12N2OS. The first-order valence-electron chi connectivity index (χ1n) is 4.79. The quantitative estimate of drug-likeness (QED) is 0.840. The molecule has 4 heteroatoms. The molecule has 2 aromatic heterocycles. The normalized spacial score (nSPS) is 10.1. The molecule has 1 N–H and O–H groups in total. The third-order valence-electron chi connectivity index (χ3n) is 2.07.